The van der Waals surface area contributed by atoms with Crippen molar-refractivity contribution < 1.29 is 4.79 Å². The first-order valence-corrected chi connectivity index (χ1v) is 9.16. The number of hydrogen-bond donors (Lipinski definition) is 0. The van der Waals surface area contributed by atoms with Gasteiger partial charge in [-0.3, -0.25) is 4.79 Å². The lowest BCUT2D eigenvalue weighted by atomic mass is 9.57. The summed E-state index contributed by atoms with van der Waals surface area (Å²) in [5, 5.41) is 0.500. The zero-order chi connectivity index (χ0) is 15.6. The van der Waals surface area contributed by atoms with Gasteiger partial charge in [0.2, 0.25) is 5.91 Å². The highest BCUT2D eigenvalue weighted by Crippen LogP contribution is 2.46. The summed E-state index contributed by atoms with van der Waals surface area (Å²) in [6.07, 6.45) is 9.77. The molecule has 0 aromatic rings. The van der Waals surface area contributed by atoms with Crippen LogP contribution in [-0.4, -0.2) is 30.7 Å². The van der Waals surface area contributed by atoms with Gasteiger partial charge in [-0.15, -0.1) is 0 Å². The maximum absolute atomic E-state index is 12.3. The van der Waals surface area contributed by atoms with E-state index in [0.29, 0.717) is 23.3 Å². The van der Waals surface area contributed by atoms with E-state index in [-0.39, 0.29) is 0 Å². The summed E-state index contributed by atoms with van der Waals surface area (Å²) in [5.41, 5.74) is 0. The monoisotopic (exact) mass is 291 g/mol. The van der Waals surface area contributed by atoms with Crippen LogP contribution in [0.3, 0.4) is 0 Å². The van der Waals surface area contributed by atoms with Crippen LogP contribution in [0.5, 0.6) is 0 Å². The number of carbonyl (C=O) groups is 1. The number of nitrogens with zero attached hydrogens (tertiary/aromatic N) is 1. The molecule has 3 atom stereocenters. The normalized spacial score (nSPS) is 35.3. The van der Waals surface area contributed by atoms with Gasteiger partial charge in [0, 0.05) is 18.5 Å². The van der Waals surface area contributed by atoms with E-state index in [9.17, 15) is 4.79 Å². The SMILES string of the molecule is BC1(C(C)C)CCCC2CCC(=O)N(C(C)C)C2CCC1. The highest BCUT2D eigenvalue weighted by Gasteiger charge is 2.38. The van der Waals surface area contributed by atoms with Crippen LogP contribution in [-0.2, 0) is 4.79 Å². The summed E-state index contributed by atoms with van der Waals surface area (Å²) in [5.74, 6) is 1.91. The second-order valence-corrected chi connectivity index (χ2v) is 8.35. The number of fused-ring (bicyclic) bond motifs is 1. The standard InChI is InChI=1S/C18H34BNO/c1-13(2)18(19)11-5-7-15-9-10-17(21)20(14(3)4)16(15)8-6-12-18/h13-16H,5-12,19H2,1-4H3. The number of rotatable bonds is 2. The Labute approximate surface area is 132 Å². The second-order valence-electron chi connectivity index (χ2n) is 8.35. The molecule has 0 aromatic heterocycles. The van der Waals surface area contributed by atoms with E-state index >= 15 is 0 Å². The number of carbonyl (C=O) groups excluding carboxylic acids is 1. The van der Waals surface area contributed by atoms with Crippen molar-refractivity contribution in [3.8, 4) is 0 Å². The third kappa shape index (κ3) is 3.66. The third-order valence-electron chi connectivity index (χ3n) is 6.44. The van der Waals surface area contributed by atoms with Gasteiger partial charge in [0.05, 0.1) is 0 Å². The lowest BCUT2D eigenvalue weighted by Crippen LogP contribution is -2.51. The molecule has 0 spiro atoms. The van der Waals surface area contributed by atoms with Crippen molar-refractivity contribution in [2.45, 2.75) is 96.5 Å². The minimum absolute atomic E-state index is 0.363. The van der Waals surface area contributed by atoms with Crippen LogP contribution < -0.4 is 0 Å². The van der Waals surface area contributed by atoms with Crippen molar-refractivity contribution in [1.29, 1.82) is 0 Å². The molecule has 1 saturated heterocycles. The first-order chi connectivity index (χ1) is 9.85. The minimum atomic E-state index is 0.363. The van der Waals surface area contributed by atoms with Gasteiger partial charge in [-0.2, -0.15) is 0 Å². The van der Waals surface area contributed by atoms with Crippen molar-refractivity contribution in [3.63, 3.8) is 0 Å². The van der Waals surface area contributed by atoms with Gasteiger partial charge in [-0.1, -0.05) is 44.8 Å². The fourth-order valence-electron chi connectivity index (χ4n) is 4.61. The van der Waals surface area contributed by atoms with Crippen LogP contribution in [0.2, 0.25) is 5.31 Å². The van der Waals surface area contributed by atoms with E-state index in [1.165, 1.54) is 38.5 Å². The predicted octanol–water partition coefficient (Wildman–Crippen LogP) is 3.80. The zero-order valence-corrected chi connectivity index (χ0v) is 14.8. The molecule has 120 valence electrons. The van der Waals surface area contributed by atoms with Gasteiger partial charge in [-0.25, -0.2) is 0 Å². The molecule has 2 rings (SSSR count). The highest BCUT2D eigenvalue weighted by atomic mass is 16.2. The molecule has 2 nitrogen and oxygen atoms in total. The number of piperidine rings is 1. The zero-order valence-electron chi connectivity index (χ0n) is 14.8. The van der Waals surface area contributed by atoms with E-state index in [4.69, 9.17) is 0 Å². The maximum Gasteiger partial charge on any atom is 0.223 e. The molecule has 2 aliphatic rings. The number of amides is 1. The quantitative estimate of drug-likeness (QED) is 0.709. The van der Waals surface area contributed by atoms with Crippen LogP contribution in [0.25, 0.3) is 0 Å². The molecule has 2 fully saturated rings. The van der Waals surface area contributed by atoms with Gasteiger partial charge in [-0.05, 0) is 44.9 Å². The van der Waals surface area contributed by atoms with Gasteiger partial charge in [0.15, 0.2) is 0 Å². The first-order valence-electron chi connectivity index (χ1n) is 9.16. The average Bonchev–Trinajstić information content (AvgIpc) is 2.47. The number of likely N-dealkylation sites (tertiary alicyclic amines) is 1. The van der Waals surface area contributed by atoms with E-state index in [2.05, 4.69) is 40.4 Å². The first kappa shape index (κ1) is 16.9. The van der Waals surface area contributed by atoms with Crippen molar-refractivity contribution in [3.05, 3.63) is 0 Å². The molecule has 0 bridgehead atoms. The average molecular weight is 291 g/mol. The van der Waals surface area contributed by atoms with E-state index in [0.717, 1.165) is 24.7 Å². The molecule has 0 N–H and O–H groups in total. The van der Waals surface area contributed by atoms with Crippen LogP contribution in [0.15, 0.2) is 0 Å². The Kier molecular flexibility index (Phi) is 5.43. The van der Waals surface area contributed by atoms with Crippen LogP contribution in [0, 0.1) is 11.8 Å². The summed E-state index contributed by atoms with van der Waals surface area (Å²) in [7, 11) is 2.48. The summed E-state index contributed by atoms with van der Waals surface area (Å²) in [4.78, 5) is 14.6. The third-order valence-corrected chi connectivity index (χ3v) is 6.44. The molecule has 21 heavy (non-hydrogen) atoms. The fraction of sp³-hybridized carbons (Fsp3) is 0.944. The molecule has 1 saturated carbocycles. The Morgan fingerprint density at radius 2 is 1.71 bits per heavy atom. The Hall–Kier alpha value is -0.465. The van der Waals surface area contributed by atoms with E-state index < -0.39 is 0 Å². The Morgan fingerprint density at radius 3 is 2.29 bits per heavy atom. The lowest BCUT2D eigenvalue weighted by Gasteiger charge is -2.44. The molecular formula is C18H34BNO. The molecule has 1 aliphatic heterocycles. The fourth-order valence-corrected chi connectivity index (χ4v) is 4.61. The van der Waals surface area contributed by atoms with E-state index in [1.807, 2.05) is 0 Å². The molecule has 1 heterocycles. The number of hydrogen-bond acceptors (Lipinski definition) is 1. The Morgan fingerprint density at radius 1 is 1.10 bits per heavy atom. The lowest BCUT2D eigenvalue weighted by molar-refractivity contribution is -0.141. The maximum atomic E-state index is 12.3. The van der Waals surface area contributed by atoms with Crippen LogP contribution in [0.1, 0.15) is 79.1 Å². The van der Waals surface area contributed by atoms with Crippen molar-refractivity contribution in [2.75, 3.05) is 0 Å². The molecule has 1 amide bonds. The molecule has 3 heteroatoms. The molecule has 0 radical (unpaired) electrons. The summed E-state index contributed by atoms with van der Waals surface area (Å²) >= 11 is 0. The van der Waals surface area contributed by atoms with Gasteiger partial charge < -0.3 is 4.90 Å². The summed E-state index contributed by atoms with van der Waals surface area (Å²) < 4.78 is 0. The second kappa shape index (κ2) is 6.75. The van der Waals surface area contributed by atoms with Crippen molar-refractivity contribution in [2.24, 2.45) is 11.8 Å². The van der Waals surface area contributed by atoms with Crippen LogP contribution >= 0.6 is 0 Å². The summed E-state index contributed by atoms with van der Waals surface area (Å²) in [6, 6.07) is 0.878. The Balaban J connectivity index is 2.13. The molecular weight excluding hydrogens is 257 g/mol. The summed E-state index contributed by atoms with van der Waals surface area (Å²) in [6.45, 7) is 9.14. The topological polar surface area (TPSA) is 20.3 Å². The molecule has 3 unspecified atom stereocenters. The smallest absolute Gasteiger partial charge is 0.223 e. The molecule has 1 aliphatic carbocycles. The predicted molar refractivity (Wildman–Crippen MR) is 92.3 cm³/mol. The minimum Gasteiger partial charge on any atom is -0.337 e. The van der Waals surface area contributed by atoms with Crippen molar-refractivity contribution in [1.82, 2.24) is 4.90 Å². The molecule has 0 aromatic carbocycles. The van der Waals surface area contributed by atoms with Crippen LogP contribution in [0.4, 0.5) is 0 Å². The Bertz CT molecular complexity index is 368. The van der Waals surface area contributed by atoms with Gasteiger partial charge in [0.1, 0.15) is 7.85 Å². The van der Waals surface area contributed by atoms with E-state index in [1.54, 1.807) is 0 Å². The van der Waals surface area contributed by atoms with Gasteiger partial charge in [0.25, 0.3) is 0 Å². The highest BCUT2D eigenvalue weighted by molar-refractivity contribution is 6.15. The largest absolute Gasteiger partial charge is 0.337 e. The van der Waals surface area contributed by atoms with Crippen molar-refractivity contribution >= 4 is 13.8 Å². The van der Waals surface area contributed by atoms with Gasteiger partial charge >= 0.3 is 0 Å².